The Morgan fingerprint density at radius 1 is 1.21 bits per heavy atom. The predicted octanol–water partition coefficient (Wildman–Crippen LogP) is 4.56. The third-order valence-electron chi connectivity index (χ3n) is 5.67. The van der Waals surface area contributed by atoms with Gasteiger partial charge in [0.05, 0.1) is 6.04 Å². The summed E-state index contributed by atoms with van der Waals surface area (Å²) in [5, 5.41) is 7.21. The molecule has 8 heteroatoms. The normalized spacial score (nSPS) is 25.1. The summed E-state index contributed by atoms with van der Waals surface area (Å²) in [6.07, 6.45) is -1.76. The van der Waals surface area contributed by atoms with E-state index in [2.05, 4.69) is 10.4 Å². The van der Waals surface area contributed by atoms with Crippen LogP contribution in [0.5, 0.6) is 0 Å². The molecule has 150 valence electrons. The standard InChI is InChI=1S/C20H23F3N4O/c1-13-7-5-6-10-26(13)19(28)16-12-18-24-15(14-8-3-2-4-9-14)11-17(20(21,22)23)27(18)25-16/h2-4,8-9,12-13,15,17,24H,5-7,10-11H2,1H3. The molecular weight excluding hydrogens is 369 g/mol. The Labute approximate surface area is 161 Å². The summed E-state index contributed by atoms with van der Waals surface area (Å²) in [5.41, 5.74) is 0.848. The van der Waals surface area contributed by atoms with E-state index in [0.29, 0.717) is 6.54 Å². The van der Waals surface area contributed by atoms with Crippen molar-refractivity contribution in [3.8, 4) is 0 Å². The van der Waals surface area contributed by atoms with E-state index < -0.39 is 18.3 Å². The number of nitrogens with one attached hydrogen (secondary N) is 1. The molecule has 1 amide bonds. The fourth-order valence-corrected chi connectivity index (χ4v) is 4.13. The minimum atomic E-state index is -4.45. The minimum Gasteiger partial charge on any atom is -0.363 e. The van der Waals surface area contributed by atoms with Gasteiger partial charge >= 0.3 is 6.18 Å². The highest BCUT2D eigenvalue weighted by atomic mass is 19.4. The van der Waals surface area contributed by atoms with Crippen molar-refractivity contribution < 1.29 is 18.0 Å². The van der Waals surface area contributed by atoms with Gasteiger partial charge in [-0.25, -0.2) is 4.68 Å². The monoisotopic (exact) mass is 392 g/mol. The molecule has 0 radical (unpaired) electrons. The Morgan fingerprint density at radius 3 is 2.64 bits per heavy atom. The second-order valence-electron chi connectivity index (χ2n) is 7.60. The summed E-state index contributed by atoms with van der Waals surface area (Å²) < 4.78 is 42.2. The summed E-state index contributed by atoms with van der Waals surface area (Å²) in [7, 11) is 0. The third-order valence-corrected chi connectivity index (χ3v) is 5.67. The first-order valence-electron chi connectivity index (χ1n) is 9.63. The number of rotatable bonds is 2. The lowest BCUT2D eigenvalue weighted by molar-refractivity contribution is -0.173. The second-order valence-corrected chi connectivity index (χ2v) is 7.60. The maximum absolute atomic E-state index is 13.8. The Morgan fingerprint density at radius 2 is 1.96 bits per heavy atom. The van der Waals surface area contributed by atoms with E-state index in [1.807, 2.05) is 13.0 Å². The van der Waals surface area contributed by atoms with Crippen molar-refractivity contribution in [2.75, 3.05) is 11.9 Å². The van der Waals surface area contributed by atoms with Crippen molar-refractivity contribution in [2.45, 2.75) is 56.9 Å². The zero-order valence-corrected chi connectivity index (χ0v) is 15.6. The fourth-order valence-electron chi connectivity index (χ4n) is 4.13. The van der Waals surface area contributed by atoms with Crippen LogP contribution in [0.15, 0.2) is 36.4 Å². The van der Waals surface area contributed by atoms with E-state index in [1.54, 1.807) is 29.2 Å². The molecule has 1 saturated heterocycles. The molecular formula is C20H23F3N4O. The lowest BCUT2D eigenvalue weighted by atomic mass is 9.97. The van der Waals surface area contributed by atoms with Gasteiger partial charge < -0.3 is 10.2 Å². The summed E-state index contributed by atoms with van der Waals surface area (Å²) in [5.74, 6) is -0.0662. The van der Waals surface area contributed by atoms with Gasteiger partial charge in [-0.2, -0.15) is 18.3 Å². The minimum absolute atomic E-state index is 0.0687. The first kappa shape index (κ1) is 18.8. The topological polar surface area (TPSA) is 50.2 Å². The predicted molar refractivity (Wildman–Crippen MR) is 99.1 cm³/mol. The Bertz CT molecular complexity index is 849. The van der Waals surface area contributed by atoms with Gasteiger partial charge in [-0.1, -0.05) is 30.3 Å². The zero-order chi connectivity index (χ0) is 19.9. The number of halogens is 3. The number of fused-ring (bicyclic) bond motifs is 1. The highest BCUT2D eigenvalue weighted by Crippen LogP contribution is 2.43. The molecule has 2 aliphatic rings. The van der Waals surface area contributed by atoms with Crippen LogP contribution in [0.4, 0.5) is 19.0 Å². The van der Waals surface area contributed by atoms with Gasteiger partial charge in [0.1, 0.15) is 5.82 Å². The molecule has 28 heavy (non-hydrogen) atoms. The van der Waals surface area contributed by atoms with E-state index >= 15 is 0 Å². The van der Waals surface area contributed by atoms with E-state index in [9.17, 15) is 18.0 Å². The molecule has 1 N–H and O–H groups in total. The number of hydrogen-bond acceptors (Lipinski definition) is 3. The van der Waals surface area contributed by atoms with Gasteiger partial charge in [0, 0.05) is 25.1 Å². The number of amides is 1. The highest BCUT2D eigenvalue weighted by Gasteiger charge is 2.47. The highest BCUT2D eigenvalue weighted by molar-refractivity contribution is 5.93. The number of aromatic nitrogens is 2. The Kier molecular flexibility index (Phi) is 4.81. The summed E-state index contributed by atoms with van der Waals surface area (Å²) in [6.45, 7) is 2.58. The summed E-state index contributed by atoms with van der Waals surface area (Å²) in [4.78, 5) is 14.6. The summed E-state index contributed by atoms with van der Waals surface area (Å²) in [6, 6.07) is 8.31. The SMILES string of the molecule is CC1CCCCN1C(=O)c1cc2n(n1)C(C(F)(F)F)CC(c1ccccc1)N2. The molecule has 3 atom stereocenters. The van der Waals surface area contributed by atoms with Gasteiger partial charge in [-0.3, -0.25) is 4.79 Å². The van der Waals surface area contributed by atoms with Crippen molar-refractivity contribution in [1.29, 1.82) is 0 Å². The number of benzene rings is 1. The first-order chi connectivity index (χ1) is 13.3. The van der Waals surface area contributed by atoms with Gasteiger partial charge in [0.15, 0.2) is 11.7 Å². The Hall–Kier alpha value is -2.51. The van der Waals surface area contributed by atoms with Crippen LogP contribution in [-0.4, -0.2) is 39.4 Å². The molecule has 0 spiro atoms. The number of carbonyl (C=O) groups is 1. The van der Waals surface area contributed by atoms with E-state index in [4.69, 9.17) is 0 Å². The van der Waals surface area contributed by atoms with Crippen molar-refractivity contribution in [3.05, 3.63) is 47.7 Å². The summed E-state index contributed by atoms with van der Waals surface area (Å²) >= 11 is 0. The largest absolute Gasteiger partial charge is 0.410 e. The van der Waals surface area contributed by atoms with Crippen LogP contribution < -0.4 is 5.32 Å². The van der Waals surface area contributed by atoms with Crippen LogP contribution in [0, 0.1) is 0 Å². The molecule has 0 saturated carbocycles. The van der Waals surface area contributed by atoms with Gasteiger partial charge in [-0.05, 0) is 31.7 Å². The number of alkyl halides is 3. The van der Waals surface area contributed by atoms with Crippen molar-refractivity contribution in [3.63, 3.8) is 0 Å². The number of carbonyl (C=O) groups excluding carboxylic acids is 1. The number of likely N-dealkylation sites (tertiary alicyclic amines) is 1. The van der Waals surface area contributed by atoms with E-state index in [-0.39, 0.29) is 29.9 Å². The van der Waals surface area contributed by atoms with Gasteiger partial charge in [0.25, 0.3) is 5.91 Å². The smallest absolute Gasteiger partial charge is 0.363 e. The number of anilines is 1. The molecule has 3 unspecified atom stereocenters. The van der Waals surface area contributed by atoms with Crippen molar-refractivity contribution >= 4 is 11.7 Å². The molecule has 1 aromatic carbocycles. The lowest BCUT2D eigenvalue weighted by Crippen LogP contribution is -2.42. The maximum Gasteiger partial charge on any atom is 0.410 e. The molecule has 2 aromatic rings. The third kappa shape index (κ3) is 3.47. The first-order valence-corrected chi connectivity index (χ1v) is 9.63. The van der Waals surface area contributed by atoms with Crippen molar-refractivity contribution in [2.24, 2.45) is 0 Å². The van der Waals surface area contributed by atoms with Crippen LogP contribution in [0.2, 0.25) is 0 Å². The molecule has 0 bridgehead atoms. The van der Waals surface area contributed by atoms with Crippen LogP contribution in [0.1, 0.15) is 60.7 Å². The van der Waals surface area contributed by atoms with Crippen molar-refractivity contribution in [1.82, 2.24) is 14.7 Å². The molecule has 4 rings (SSSR count). The molecule has 0 aliphatic carbocycles. The fraction of sp³-hybridized carbons (Fsp3) is 0.500. The van der Waals surface area contributed by atoms with E-state index in [1.165, 1.54) is 6.07 Å². The Balaban J connectivity index is 1.67. The van der Waals surface area contributed by atoms with Crippen LogP contribution in [0.3, 0.4) is 0 Å². The van der Waals surface area contributed by atoms with E-state index in [0.717, 1.165) is 29.5 Å². The number of piperidine rings is 1. The van der Waals surface area contributed by atoms with Gasteiger partial charge in [0.2, 0.25) is 0 Å². The molecule has 2 aliphatic heterocycles. The molecule has 5 nitrogen and oxygen atoms in total. The van der Waals surface area contributed by atoms with Crippen LogP contribution >= 0.6 is 0 Å². The number of hydrogen-bond donors (Lipinski definition) is 1. The molecule has 1 fully saturated rings. The van der Waals surface area contributed by atoms with Crippen LogP contribution in [-0.2, 0) is 0 Å². The quantitative estimate of drug-likeness (QED) is 0.815. The second kappa shape index (κ2) is 7.14. The molecule has 3 heterocycles. The average molecular weight is 392 g/mol. The zero-order valence-electron chi connectivity index (χ0n) is 15.6. The maximum atomic E-state index is 13.8. The van der Waals surface area contributed by atoms with Crippen LogP contribution in [0.25, 0.3) is 0 Å². The molecule has 1 aromatic heterocycles. The lowest BCUT2D eigenvalue weighted by Gasteiger charge is -2.33. The van der Waals surface area contributed by atoms with Gasteiger partial charge in [-0.15, -0.1) is 0 Å². The number of nitrogens with zero attached hydrogens (tertiary/aromatic N) is 3. The average Bonchev–Trinajstić information content (AvgIpc) is 3.11.